The quantitative estimate of drug-likeness (QED) is 0.614. The number of rotatable bonds is 3. The molecule has 1 amide bonds. The van der Waals surface area contributed by atoms with Crippen molar-refractivity contribution in [2.75, 3.05) is 6.54 Å². The normalized spacial score (nSPS) is 19.0. The maximum Gasteiger partial charge on any atom is 0.233 e. The van der Waals surface area contributed by atoms with Gasteiger partial charge in [0, 0.05) is 6.54 Å². The van der Waals surface area contributed by atoms with Crippen molar-refractivity contribution < 1.29 is 4.79 Å². The van der Waals surface area contributed by atoms with Gasteiger partial charge < -0.3 is 4.90 Å². The van der Waals surface area contributed by atoms with E-state index in [-0.39, 0.29) is 11.9 Å². The van der Waals surface area contributed by atoms with E-state index in [1.807, 2.05) is 55.2 Å². The predicted octanol–water partition coefficient (Wildman–Crippen LogP) is 3.15. The van der Waals surface area contributed by atoms with Gasteiger partial charge in [-0.2, -0.15) is 0 Å². The first-order valence-electron chi connectivity index (χ1n) is 6.05. The second-order valence-electron chi connectivity index (χ2n) is 5.08. The molecule has 0 fully saturated rings. The monoisotopic (exact) mass is 259 g/mol. The van der Waals surface area contributed by atoms with Crippen LogP contribution < -0.4 is 0 Å². The summed E-state index contributed by atoms with van der Waals surface area (Å²) in [5.41, 5.74) is 0.550. The van der Waals surface area contributed by atoms with E-state index < -0.39 is 5.41 Å². The van der Waals surface area contributed by atoms with Crippen LogP contribution in [0.5, 0.6) is 0 Å². The molecule has 2 nitrogen and oxygen atoms in total. The molecule has 0 N–H and O–H groups in total. The highest BCUT2D eigenvalue weighted by molar-refractivity contribution is 7.79. The van der Waals surface area contributed by atoms with E-state index in [1.165, 1.54) is 0 Å². The van der Waals surface area contributed by atoms with E-state index in [2.05, 4.69) is 6.08 Å². The van der Waals surface area contributed by atoms with Crippen molar-refractivity contribution in [3.8, 4) is 0 Å². The number of nitrogens with zero attached hydrogens (tertiary/aromatic N) is 1. The summed E-state index contributed by atoms with van der Waals surface area (Å²) in [5.74, 6) is 0.0800. The van der Waals surface area contributed by atoms with Crippen LogP contribution in [0, 0.1) is 5.41 Å². The van der Waals surface area contributed by atoms with Gasteiger partial charge in [-0.15, -0.1) is 0 Å². The molecule has 0 saturated carbocycles. The SMILES string of the molecule is CC(C)(C=S)C(=O)N1CC=CC1c1ccccc1. The van der Waals surface area contributed by atoms with Gasteiger partial charge in [-0.1, -0.05) is 54.7 Å². The molecule has 18 heavy (non-hydrogen) atoms. The molecule has 1 aliphatic heterocycles. The Morgan fingerprint density at radius 1 is 1.39 bits per heavy atom. The van der Waals surface area contributed by atoms with Crippen LogP contribution >= 0.6 is 12.2 Å². The van der Waals surface area contributed by atoms with Gasteiger partial charge in [0.05, 0.1) is 11.5 Å². The molecule has 0 saturated heterocycles. The molecule has 3 heteroatoms. The first kappa shape index (κ1) is 13.0. The molecule has 0 aliphatic carbocycles. The summed E-state index contributed by atoms with van der Waals surface area (Å²) >= 11 is 4.96. The first-order chi connectivity index (χ1) is 8.56. The van der Waals surface area contributed by atoms with Crippen LogP contribution in [0.25, 0.3) is 0 Å². The third kappa shape index (κ3) is 2.36. The Bertz CT molecular complexity index is 479. The van der Waals surface area contributed by atoms with Crippen LogP contribution in [0.4, 0.5) is 0 Å². The summed E-state index contributed by atoms with van der Waals surface area (Å²) in [6.07, 6.45) is 4.11. The number of benzene rings is 1. The Kier molecular flexibility index (Phi) is 3.62. The van der Waals surface area contributed by atoms with Crippen LogP contribution in [0.3, 0.4) is 0 Å². The van der Waals surface area contributed by atoms with Crippen molar-refractivity contribution in [1.29, 1.82) is 0 Å². The highest BCUT2D eigenvalue weighted by Crippen LogP contribution is 2.30. The van der Waals surface area contributed by atoms with Crippen molar-refractivity contribution in [1.82, 2.24) is 4.90 Å². The summed E-state index contributed by atoms with van der Waals surface area (Å²) in [4.78, 5) is 14.3. The van der Waals surface area contributed by atoms with E-state index in [0.29, 0.717) is 6.54 Å². The van der Waals surface area contributed by atoms with Gasteiger partial charge in [0.25, 0.3) is 0 Å². The van der Waals surface area contributed by atoms with Gasteiger partial charge in [0.1, 0.15) is 0 Å². The Morgan fingerprint density at radius 3 is 2.67 bits per heavy atom. The minimum absolute atomic E-state index is 0.0351. The molecule has 0 bridgehead atoms. The third-order valence-corrected chi connectivity index (χ3v) is 3.79. The zero-order chi connectivity index (χ0) is 13.2. The number of thiocarbonyl (C=S) groups is 1. The molecule has 1 heterocycles. The minimum Gasteiger partial charge on any atom is -0.328 e. The molecule has 0 spiro atoms. The van der Waals surface area contributed by atoms with Crippen molar-refractivity contribution in [3.05, 3.63) is 48.0 Å². The second-order valence-corrected chi connectivity index (χ2v) is 5.32. The lowest BCUT2D eigenvalue weighted by Gasteiger charge is -2.31. The van der Waals surface area contributed by atoms with Gasteiger partial charge in [0.15, 0.2) is 0 Å². The number of hydrogen-bond acceptors (Lipinski definition) is 2. The summed E-state index contributed by atoms with van der Waals surface area (Å²) < 4.78 is 0. The third-order valence-electron chi connectivity index (χ3n) is 3.20. The van der Waals surface area contributed by atoms with E-state index in [1.54, 1.807) is 5.37 Å². The second kappa shape index (κ2) is 5.02. The van der Waals surface area contributed by atoms with Crippen LogP contribution in [0.1, 0.15) is 25.5 Å². The van der Waals surface area contributed by atoms with Crippen molar-refractivity contribution in [3.63, 3.8) is 0 Å². The van der Waals surface area contributed by atoms with E-state index >= 15 is 0 Å². The maximum absolute atomic E-state index is 12.5. The van der Waals surface area contributed by atoms with E-state index in [9.17, 15) is 4.79 Å². The molecule has 94 valence electrons. The lowest BCUT2D eigenvalue weighted by Crippen LogP contribution is -2.41. The fraction of sp³-hybridized carbons (Fsp3) is 0.333. The molecule has 1 atom stereocenters. The van der Waals surface area contributed by atoms with Crippen molar-refractivity contribution in [2.45, 2.75) is 19.9 Å². The van der Waals surface area contributed by atoms with Gasteiger partial charge in [-0.3, -0.25) is 4.79 Å². The summed E-state index contributed by atoms with van der Waals surface area (Å²) in [5, 5.41) is 1.55. The lowest BCUT2D eigenvalue weighted by atomic mass is 9.93. The van der Waals surface area contributed by atoms with E-state index in [0.717, 1.165) is 5.56 Å². The van der Waals surface area contributed by atoms with Crippen molar-refractivity contribution >= 4 is 23.5 Å². The summed E-state index contributed by atoms with van der Waals surface area (Å²) in [7, 11) is 0. The number of amides is 1. The molecule has 1 aliphatic rings. The predicted molar refractivity (Wildman–Crippen MR) is 77.5 cm³/mol. The van der Waals surface area contributed by atoms with Gasteiger partial charge in [-0.25, -0.2) is 0 Å². The molecular formula is C15H17NOS. The summed E-state index contributed by atoms with van der Waals surface area (Å²) in [6.45, 7) is 4.39. The average molecular weight is 259 g/mol. The van der Waals surface area contributed by atoms with Crippen molar-refractivity contribution in [2.24, 2.45) is 5.41 Å². The largest absolute Gasteiger partial charge is 0.328 e. The zero-order valence-corrected chi connectivity index (χ0v) is 11.5. The fourth-order valence-corrected chi connectivity index (χ4v) is 2.19. The standard InChI is InChI=1S/C15H17NOS/c1-15(2,11-18)14(17)16-10-6-9-13(16)12-7-4-3-5-8-12/h3-9,11,13H,10H2,1-2H3. The topological polar surface area (TPSA) is 20.3 Å². The maximum atomic E-state index is 12.5. The van der Waals surface area contributed by atoms with Gasteiger partial charge in [-0.05, 0) is 24.8 Å². The van der Waals surface area contributed by atoms with Gasteiger partial charge >= 0.3 is 0 Å². The first-order valence-corrected chi connectivity index (χ1v) is 6.52. The Labute approximate surface area is 113 Å². The minimum atomic E-state index is -0.589. The van der Waals surface area contributed by atoms with Crippen LogP contribution in [0.2, 0.25) is 0 Å². The lowest BCUT2D eigenvalue weighted by molar-refractivity contribution is -0.137. The molecule has 1 unspecified atom stereocenters. The smallest absolute Gasteiger partial charge is 0.233 e. The molecule has 0 aromatic heterocycles. The Balaban J connectivity index is 2.25. The highest BCUT2D eigenvalue weighted by atomic mass is 32.1. The number of carbonyl (C=O) groups excluding carboxylic acids is 1. The van der Waals surface area contributed by atoms with Crippen LogP contribution in [-0.4, -0.2) is 22.7 Å². The van der Waals surface area contributed by atoms with Crippen LogP contribution in [-0.2, 0) is 4.79 Å². The summed E-state index contributed by atoms with van der Waals surface area (Å²) in [6, 6.07) is 10.1. The average Bonchev–Trinajstić information content (AvgIpc) is 2.87. The molecule has 1 aromatic carbocycles. The highest BCUT2D eigenvalue weighted by Gasteiger charge is 2.34. The number of hydrogen-bond donors (Lipinski definition) is 0. The molecule has 0 radical (unpaired) electrons. The fourth-order valence-electron chi connectivity index (χ4n) is 2.09. The number of carbonyl (C=O) groups is 1. The molecule has 2 rings (SSSR count). The Hall–Kier alpha value is -1.48. The Morgan fingerprint density at radius 2 is 2.06 bits per heavy atom. The van der Waals surface area contributed by atoms with Crippen LogP contribution in [0.15, 0.2) is 42.5 Å². The molecule has 1 aromatic rings. The van der Waals surface area contributed by atoms with Gasteiger partial charge in [0.2, 0.25) is 5.91 Å². The zero-order valence-electron chi connectivity index (χ0n) is 10.7. The van der Waals surface area contributed by atoms with E-state index in [4.69, 9.17) is 12.2 Å². The molecular weight excluding hydrogens is 242 g/mol.